The second kappa shape index (κ2) is 12.3. The molecule has 0 bridgehead atoms. The first-order valence-electron chi connectivity index (χ1n) is 10.0. The van der Waals surface area contributed by atoms with Crippen molar-refractivity contribution in [1.29, 1.82) is 0 Å². The lowest BCUT2D eigenvalue weighted by Crippen LogP contribution is -2.37. The summed E-state index contributed by atoms with van der Waals surface area (Å²) in [5.74, 6) is 0.407. The van der Waals surface area contributed by atoms with Crippen molar-refractivity contribution in [2.45, 2.75) is 39.0 Å². The molecule has 2 aromatic rings. The van der Waals surface area contributed by atoms with Crippen LogP contribution in [0.5, 0.6) is 0 Å². The first-order chi connectivity index (χ1) is 14.1. The number of guanidine groups is 1. The second-order valence-electron chi connectivity index (χ2n) is 7.14. The first kappa shape index (κ1) is 24.7. The highest BCUT2D eigenvalue weighted by Crippen LogP contribution is 2.24. The summed E-state index contributed by atoms with van der Waals surface area (Å²) in [6, 6.07) is 12.9. The Bertz CT molecular complexity index is 844. The fourth-order valence-corrected chi connectivity index (χ4v) is 3.55. The van der Waals surface area contributed by atoms with Crippen LogP contribution >= 0.6 is 35.6 Å². The van der Waals surface area contributed by atoms with Gasteiger partial charge in [-0.15, -0.1) is 24.0 Å². The summed E-state index contributed by atoms with van der Waals surface area (Å²) < 4.78 is 14.6. The van der Waals surface area contributed by atoms with Gasteiger partial charge in [-0.3, -0.25) is 0 Å². The van der Waals surface area contributed by atoms with Crippen LogP contribution in [0.3, 0.4) is 0 Å². The van der Waals surface area contributed by atoms with Crippen LogP contribution in [0.25, 0.3) is 0 Å². The van der Waals surface area contributed by atoms with Gasteiger partial charge >= 0.3 is 0 Å². The zero-order chi connectivity index (χ0) is 20.6. The van der Waals surface area contributed by atoms with Gasteiger partial charge in [0.2, 0.25) is 0 Å². The third-order valence-corrected chi connectivity index (χ3v) is 5.35. The molecule has 0 amide bonds. The van der Waals surface area contributed by atoms with E-state index in [1.807, 2.05) is 48.2 Å². The molecule has 3 rings (SSSR count). The molecule has 8 heteroatoms. The molecule has 5 nitrogen and oxygen atoms in total. The average Bonchev–Trinajstić information content (AvgIpc) is 2.72. The molecule has 0 aromatic heterocycles. The fourth-order valence-electron chi connectivity index (χ4n) is 3.34. The largest absolute Gasteiger partial charge is 0.393 e. The number of piperidine rings is 1. The minimum absolute atomic E-state index is 0. The number of nitrogens with zero attached hydrogens (tertiary/aromatic N) is 2. The average molecular weight is 547 g/mol. The Morgan fingerprint density at radius 3 is 2.60 bits per heavy atom. The van der Waals surface area contributed by atoms with Gasteiger partial charge in [0.05, 0.1) is 18.3 Å². The van der Waals surface area contributed by atoms with E-state index in [9.17, 15) is 9.50 Å². The summed E-state index contributed by atoms with van der Waals surface area (Å²) in [6.07, 6.45) is 1.08. The number of benzene rings is 2. The minimum atomic E-state index is -0.273. The Hall–Kier alpha value is -1.58. The molecule has 2 aromatic carbocycles. The molecular formula is C22H29ClFIN4O. The van der Waals surface area contributed by atoms with Crippen LogP contribution in [0.2, 0.25) is 5.02 Å². The molecule has 1 fully saturated rings. The molecule has 1 saturated heterocycles. The normalized spacial score (nSPS) is 14.9. The molecule has 1 aliphatic rings. The van der Waals surface area contributed by atoms with Crippen LogP contribution in [-0.4, -0.2) is 36.8 Å². The van der Waals surface area contributed by atoms with Gasteiger partial charge in [-0.1, -0.05) is 35.9 Å². The van der Waals surface area contributed by atoms with Gasteiger partial charge in [0, 0.05) is 31.2 Å². The Morgan fingerprint density at radius 2 is 1.93 bits per heavy atom. The van der Waals surface area contributed by atoms with Crippen molar-refractivity contribution in [2.75, 3.05) is 24.5 Å². The van der Waals surface area contributed by atoms with Crippen molar-refractivity contribution in [1.82, 2.24) is 10.6 Å². The summed E-state index contributed by atoms with van der Waals surface area (Å²) in [5, 5.41) is 16.8. The summed E-state index contributed by atoms with van der Waals surface area (Å²) in [6.45, 7) is 4.99. The van der Waals surface area contributed by atoms with Crippen molar-refractivity contribution in [3.05, 3.63) is 64.4 Å². The van der Waals surface area contributed by atoms with E-state index >= 15 is 0 Å². The summed E-state index contributed by atoms with van der Waals surface area (Å²) >= 11 is 6.20. The quantitative estimate of drug-likeness (QED) is 0.287. The molecule has 0 aliphatic carbocycles. The standard InChI is InChI=1S/C22H28ClFN4O.HI/c1-2-25-22(27-15-17-5-3-4-6-19(17)23)26-14-16-7-8-21(20(24)13-16)28-11-9-18(29)10-12-28;/h3-8,13,18,29H,2,9-12,14-15H2,1H3,(H2,25,26,27);1H. The van der Waals surface area contributed by atoms with Crippen molar-refractivity contribution in [3.63, 3.8) is 0 Å². The Labute approximate surface area is 199 Å². The monoisotopic (exact) mass is 546 g/mol. The van der Waals surface area contributed by atoms with Gasteiger partial charge in [0.25, 0.3) is 0 Å². The van der Waals surface area contributed by atoms with Gasteiger partial charge in [-0.2, -0.15) is 0 Å². The number of aliphatic imine (C=N–C) groups is 1. The molecule has 3 N–H and O–H groups in total. The van der Waals surface area contributed by atoms with Crippen LogP contribution in [0, 0.1) is 5.82 Å². The summed E-state index contributed by atoms with van der Waals surface area (Å²) in [4.78, 5) is 6.55. The number of hydrogen-bond acceptors (Lipinski definition) is 3. The van der Waals surface area contributed by atoms with Gasteiger partial charge in [-0.25, -0.2) is 9.38 Å². The number of anilines is 1. The number of nitrogens with one attached hydrogen (secondary N) is 2. The van der Waals surface area contributed by atoms with E-state index in [0.29, 0.717) is 55.7 Å². The maximum Gasteiger partial charge on any atom is 0.191 e. The van der Waals surface area contributed by atoms with E-state index in [1.54, 1.807) is 6.07 Å². The van der Waals surface area contributed by atoms with Crippen molar-refractivity contribution in [2.24, 2.45) is 4.99 Å². The predicted octanol–water partition coefficient (Wildman–Crippen LogP) is 4.31. The fraction of sp³-hybridized carbons (Fsp3) is 0.409. The molecule has 0 atom stereocenters. The third kappa shape index (κ3) is 6.99. The topological polar surface area (TPSA) is 59.9 Å². The maximum atomic E-state index is 14.6. The molecule has 0 radical (unpaired) electrons. The van der Waals surface area contributed by atoms with Gasteiger partial charge < -0.3 is 20.6 Å². The second-order valence-corrected chi connectivity index (χ2v) is 7.55. The number of rotatable bonds is 6. The zero-order valence-corrected chi connectivity index (χ0v) is 20.2. The molecule has 1 aliphatic heterocycles. The highest BCUT2D eigenvalue weighted by molar-refractivity contribution is 14.0. The van der Waals surface area contributed by atoms with Crippen molar-refractivity contribution in [3.8, 4) is 0 Å². The summed E-state index contributed by atoms with van der Waals surface area (Å²) in [5.41, 5.74) is 2.38. The van der Waals surface area contributed by atoms with E-state index in [1.165, 1.54) is 0 Å². The summed E-state index contributed by atoms with van der Waals surface area (Å²) in [7, 11) is 0. The van der Waals surface area contributed by atoms with Gasteiger partial charge in [0.15, 0.2) is 5.96 Å². The van der Waals surface area contributed by atoms with Crippen LogP contribution in [0.15, 0.2) is 47.5 Å². The number of aliphatic hydroxyl groups excluding tert-OH is 1. The maximum absolute atomic E-state index is 14.6. The van der Waals surface area contributed by atoms with E-state index < -0.39 is 0 Å². The molecule has 30 heavy (non-hydrogen) atoms. The highest BCUT2D eigenvalue weighted by atomic mass is 127. The van der Waals surface area contributed by atoms with E-state index in [2.05, 4.69) is 15.6 Å². The molecule has 0 spiro atoms. The smallest absolute Gasteiger partial charge is 0.191 e. The zero-order valence-electron chi connectivity index (χ0n) is 17.1. The minimum Gasteiger partial charge on any atom is -0.393 e. The highest BCUT2D eigenvalue weighted by Gasteiger charge is 2.19. The van der Waals surface area contributed by atoms with Crippen LogP contribution in [-0.2, 0) is 13.1 Å². The van der Waals surface area contributed by atoms with E-state index in [-0.39, 0.29) is 35.9 Å². The molecule has 1 heterocycles. The predicted molar refractivity (Wildman–Crippen MR) is 132 cm³/mol. The Balaban J connectivity index is 0.00000320. The molecular weight excluding hydrogens is 518 g/mol. The molecule has 0 saturated carbocycles. The van der Waals surface area contributed by atoms with Crippen LogP contribution in [0.1, 0.15) is 30.9 Å². The third-order valence-electron chi connectivity index (χ3n) is 4.99. The van der Waals surface area contributed by atoms with E-state index in [0.717, 1.165) is 17.7 Å². The number of hydrogen-bond donors (Lipinski definition) is 3. The molecule has 0 unspecified atom stereocenters. The van der Waals surface area contributed by atoms with Crippen LogP contribution < -0.4 is 15.5 Å². The Kier molecular flexibility index (Phi) is 10.1. The van der Waals surface area contributed by atoms with Gasteiger partial charge in [0.1, 0.15) is 5.82 Å². The lowest BCUT2D eigenvalue weighted by Gasteiger charge is -2.31. The first-order valence-corrected chi connectivity index (χ1v) is 10.4. The lowest BCUT2D eigenvalue weighted by atomic mass is 10.1. The lowest BCUT2D eigenvalue weighted by molar-refractivity contribution is 0.145. The van der Waals surface area contributed by atoms with Crippen molar-refractivity contribution >= 4 is 47.2 Å². The van der Waals surface area contributed by atoms with Gasteiger partial charge in [-0.05, 0) is 49.1 Å². The molecule has 164 valence electrons. The van der Waals surface area contributed by atoms with E-state index in [4.69, 9.17) is 11.6 Å². The number of aliphatic hydroxyl groups is 1. The van der Waals surface area contributed by atoms with Crippen molar-refractivity contribution < 1.29 is 9.50 Å². The Morgan fingerprint density at radius 1 is 1.20 bits per heavy atom. The number of halogens is 3. The van der Waals surface area contributed by atoms with Crippen LogP contribution in [0.4, 0.5) is 10.1 Å². The SMILES string of the molecule is CCNC(=NCc1ccc(N2CCC(O)CC2)c(F)c1)NCc1ccccc1Cl.I.